The van der Waals surface area contributed by atoms with E-state index in [2.05, 4.69) is 4.98 Å². The van der Waals surface area contributed by atoms with E-state index in [1.807, 2.05) is 12.1 Å². The van der Waals surface area contributed by atoms with Gasteiger partial charge in [-0.15, -0.1) is 11.8 Å². The Morgan fingerprint density at radius 3 is 2.89 bits per heavy atom. The zero-order chi connectivity index (χ0) is 13.7. The number of methoxy groups -OCH3 is 1. The van der Waals surface area contributed by atoms with Crippen LogP contribution >= 0.6 is 11.8 Å². The van der Waals surface area contributed by atoms with Crippen molar-refractivity contribution >= 4 is 11.8 Å². The number of nitrogens with zero attached hydrogens (tertiary/aromatic N) is 1. The van der Waals surface area contributed by atoms with Gasteiger partial charge in [-0.1, -0.05) is 12.1 Å². The first kappa shape index (κ1) is 13.8. The van der Waals surface area contributed by atoms with E-state index >= 15 is 0 Å². The lowest BCUT2D eigenvalue weighted by Crippen LogP contribution is -2.13. The van der Waals surface area contributed by atoms with Crippen molar-refractivity contribution in [2.45, 2.75) is 10.9 Å². The SMILES string of the molecule is COc1cncc(C(N)CSc2ccccc2F)c1. The molecule has 0 aliphatic rings. The van der Waals surface area contributed by atoms with E-state index in [9.17, 15) is 4.39 Å². The molecule has 0 bridgehead atoms. The highest BCUT2D eigenvalue weighted by atomic mass is 32.2. The summed E-state index contributed by atoms with van der Waals surface area (Å²) >= 11 is 1.39. The Kier molecular flexibility index (Phi) is 4.76. The van der Waals surface area contributed by atoms with Crippen LogP contribution in [0.1, 0.15) is 11.6 Å². The molecule has 2 N–H and O–H groups in total. The fraction of sp³-hybridized carbons (Fsp3) is 0.214. The van der Waals surface area contributed by atoms with Gasteiger partial charge in [-0.2, -0.15) is 0 Å². The predicted molar refractivity (Wildman–Crippen MR) is 74.8 cm³/mol. The number of thioether (sulfide) groups is 1. The molecule has 0 fully saturated rings. The number of nitrogens with two attached hydrogens (primary N) is 1. The lowest BCUT2D eigenvalue weighted by molar-refractivity contribution is 0.412. The third-order valence-electron chi connectivity index (χ3n) is 2.65. The normalized spacial score (nSPS) is 12.2. The van der Waals surface area contributed by atoms with Gasteiger partial charge in [0, 0.05) is 22.9 Å². The van der Waals surface area contributed by atoms with Crippen molar-refractivity contribution in [2.24, 2.45) is 5.73 Å². The fourth-order valence-electron chi connectivity index (χ4n) is 1.59. The van der Waals surface area contributed by atoms with E-state index in [0.29, 0.717) is 16.4 Å². The molecular weight excluding hydrogens is 263 g/mol. The topological polar surface area (TPSA) is 48.1 Å². The average Bonchev–Trinajstić information content (AvgIpc) is 2.46. The molecule has 3 nitrogen and oxygen atoms in total. The molecule has 0 saturated heterocycles. The first-order chi connectivity index (χ1) is 9.20. The number of aromatic nitrogens is 1. The van der Waals surface area contributed by atoms with E-state index in [0.717, 1.165) is 5.56 Å². The van der Waals surface area contributed by atoms with Gasteiger partial charge in [0.15, 0.2) is 0 Å². The number of ether oxygens (including phenoxy) is 1. The fourth-order valence-corrected chi connectivity index (χ4v) is 2.52. The predicted octanol–water partition coefficient (Wildman–Crippen LogP) is 3.02. The molecule has 1 heterocycles. The lowest BCUT2D eigenvalue weighted by atomic mass is 10.1. The van der Waals surface area contributed by atoms with Crippen LogP contribution in [-0.2, 0) is 0 Å². The van der Waals surface area contributed by atoms with Crippen LogP contribution in [0.5, 0.6) is 5.75 Å². The summed E-state index contributed by atoms with van der Waals surface area (Å²) in [5.41, 5.74) is 6.96. The van der Waals surface area contributed by atoms with E-state index < -0.39 is 0 Å². The van der Waals surface area contributed by atoms with Gasteiger partial charge >= 0.3 is 0 Å². The molecule has 1 atom stereocenters. The monoisotopic (exact) mass is 278 g/mol. The van der Waals surface area contributed by atoms with Gasteiger partial charge in [-0.05, 0) is 23.8 Å². The van der Waals surface area contributed by atoms with Crippen LogP contribution in [0.25, 0.3) is 0 Å². The minimum Gasteiger partial charge on any atom is -0.495 e. The molecule has 2 rings (SSSR count). The maximum atomic E-state index is 13.5. The van der Waals surface area contributed by atoms with Gasteiger partial charge in [-0.25, -0.2) is 4.39 Å². The van der Waals surface area contributed by atoms with Crippen LogP contribution in [0.4, 0.5) is 4.39 Å². The summed E-state index contributed by atoms with van der Waals surface area (Å²) in [6.07, 6.45) is 3.33. The zero-order valence-electron chi connectivity index (χ0n) is 10.5. The van der Waals surface area contributed by atoms with Gasteiger partial charge in [0.1, 0.15) is 11.6 Å². The first-order valence-electron chi connectivity index (χ1n) is 5.82. The smallest absolute Gasteiger partial charge is 0.137 e. The molecule has 0 radical (unpaired) electrons. The number of pyridine rings is 1. The lowest BCUT2D eigenvalue weighted by Gasteiger charge is -2.12. The van der Waals surface area contributed by atoms with Gasteiger partial charge < -0.3 is 10.5 Å². The minimum atomic E-state index is -0.219. The summed E-state index contributed by atoms with van der Waals surface area (Å²) in [6.45, 7) is 0. The van der Waals surface area contributed by atoms with Gasteiger partial charge in [0.2, 0.25) is 0 Å². The van der Waals surface area contributed by atoms with Gasteiger partial charge in [-0.3, -0.25) is 4.98 Å². The highest BCUT2D eigenvalue weighted by molar-refractivity contribution is 7.99. The molecular formula is C14H15FN2OS. The molecule has 0 aliphatic heterocycles. The summed E-state index contributed by atoms with van der Waals surface area (Å²) in [5.74, 6) is 1.03. The van der Waals surface area contributed by atoms with Crippen molar-refractivity contribution in [2.75, 3.05) is 12.9 Å². The van der Waals surface area contributed by atoms with Gasteiger partial charge in [0.25, 0.3) is 0 Å². The molecule has 5 heteroatoms. The molecule has 1 aromatic carbocycles. The number of halogens is 1. The second-order valence-electron chi connectivity index (χ2n) is 4.01. The molecule has 19 heavy (non-hydrogen) atoms. The summed E-state index contributed by atoms with van der Waals surface area (Å²) in [5, 5.41) is 0. The maximum Gasteiger partial charge on any atom is 0.137 e. The number of hydrogen-bond acceptors (Lipinski definition) is 4. The van der Waals surface area contributed by atoms with Crippen LogP contribution < -0.4 is 10.5 Å². The number of hydrogen-bond donors (Lipinski definition) is 1. The molecule has 1 unspecified atom stereocenters. The van der Waals surface area contributed by atoms with Crippen LogP contribution in [0.3, 0.4) is 0 Å². The Morgan fingerprint density at radius 1 is 1.37 bits per heavy atom. The maximum absolute atomic E-state index is 13.5. The molecule has 1 aromatic heterocycles. The largest absolute Gasteiger partial charge is 0.495 e. The van der Waals surface area contributed by atoms with Gasteiger partial charge in [0.05, 0.1) is 13.3 Å². The zero-order valence-corrected chi connectivity index (χ0v) is 11.4. The Bertz CT molecular complexity index is 550. The van der Waals surface area contributed by atoms with Crippen molar-refractivity contribution in [3.63, 3.8) is 0 Å². The highest BCUT2D eigenvalue weighted by Gasteiger charge is 2.10. The molecule has 100 valence electrons. The van der Waals surface area contributed by atoms with Crippen molar-refractivity contribution in [3.8, 4) is 5.75 Å². The first-order valence-corrected chi connectivity index (χ1v) is 6.81. The van der Waals surface area contributed by atoms with E-state index in [4.69, 9.17) is 10.5 Å². The van der Waals surface area contributed by atoms with Crippen molar-refractivity contribution in [1.29, 1.82) is 0 Å². The molecule has 0 amide bonds. The average molecular weight is 278 g/mol. The molecule has 0 aliphatic carbocycles. The molecule has 0 saturated carbocycles. The summed E-state index contributed by atoms with van der Waals surface area (Å²) in [6, 6.07) is 8.30. The summed E-state index contributed by atoms with van der Waals surface area (Å²) in [7, 11) is 1.58. The van der Waals surface area contributed by atoms with Crippen molar-refractivity contribution < 1.29 is 9.13 Å². The number of rotatable bonds is 5. The van der Waals surface area contributed by atoms with Crippen molar-refractivity contribution in [1.82, 2.24) is 4.98 Å². The second-order valence-corrected chi connectivity index (χ2v) is 5.07. The van der Waals surface area contributed by atoms with Crippen LogP contribution in [-0.4, -0.2) is 17.8 Å². The van der Waals surface area contributed by atoms with E-state index in [-0.39, 0.29) is 11.9 Å². The number of benzene rings is 1. The molecule has 0 spiro atoms. The Labute approximate surface area is 116 Å². The third kappa shape index (κ3) is 3.68. The van der Waals surface area contributed by atoms with Crippen molar-refractivity contribution in [3.05, 3.63) is 54.1 Å². The Hall–Kier alpha value is -1.59. The standard InChI is InChI=1S/C14H15FN2OS/c1-18-11-6-10(7-17-8-11)13(16)9-19-14-5-3-2-4-12(14)15/h2-8,13H,9,16H2,1H3. The third-order valence-corrected chi connectivity index (χ3v) is 3.82. The summed E-state index contributed by atoms with van der Waals surface area (Å²) < 4.78 is 18.6. The summed E-state index contributed by atoms with van der Waals surface area (Å²) in [4.78, 5) is 4.67. The molecule has 2 aromatic rings. The quantitative estimate of drug-likeness (QED) is 0.854. The highest BCUT2D eigenvalue weighted by Crippen LogP contribution is 2.26. The Balaban J connectivity index is 2.01. The van der Waals surface area contributed by atoms with Crippen LogP contribution in [0.2, 0.25) is 0 Å². The van der Waals surface area contributed by atoms with E-state index in [1.54, 1.807) is 31.6 Å². The second kappa shape index (κ2) is 6.54. The van der Waals surface area contributed by atoms with E-state index in [1.165, 1.54) is 17.8 Å². The van der Waals surface area contributed by atoms with Crippen LogP contribution in [0.15, 0.2) is 47.6 Å². The minimum absolute atomic E-state index is 0.216. The Morgan fingerprint density at radius 2 is 2.16 bits per heavy atom. The van der Waals surface area contributed by atoms with Crippen LogP contribution in [0, 0.1) is 5.82 Å².